The van der Waals surface area contributed by atoms with Crippen LogP contribution >= 0.6 is 0 Å². The van der Waals surface area contributed by atoms with Gasteiger partial charge in [-0.1, -0.05) is 45.0 Å². The van der Waals surface area contributed by atoms with Crippen LogP contribution < -0.4 is 5.32 Å². The molecule has 3 rings (SSSR count). The molecule has 0 spiro atoms. The van der Waals surface area contributed by atoms with E-state index in [0.29, 0.717) is 5.41 Å². The first-order chi connectivity index (χ1) is 10.6. The molecular formula is C21H33N. The Morgan fingerprint density at radius 2 is 1.50 bits per heavy atom. The standard InChI is InChI=1S/C21H33N/c1-21(2,3)18-12-10-16(11-13-18)19-8-4-5-9-20(19)17-7-6-14-22-15-17/h4-5,8-9,16-18,22H,6-7,10-15H2,1-3H3. The lowest BCUT2D eigenvalue weighted by atomic mass is 9.68. The highest BCUT2D eigenvalue weighted by Crippen LogP contribution is 2.44. The van der Waals surface area contributed by atoms with Crippen LogP contribution in [0.4, 0.5) is 0 Å². The van der Waals surface area contributed by atoms with E-state index in [1.807, 2.05) is 0 Å². The monoisotopic (exact) mass is 299 g/mol. The molecule has 1 aromatic rings. The lowest BCUT2D eigenvalue weighted by Crippen LogP contribution is -2.29. The molecule has 122 valence electrons. The fourth-order valence-corrected chi connectivity index (χ4v) is 4.64. The predicted octanol–water partition coefficient (Wildman–Crippen LogP) is 5.47. The van der Waals surface area contributed by atoms with Crippen molar-refractivity contribution in [3.63, 3.8) is 0 Å². The minimum atomic E-state index is 0.484. The van der Waals surface area contributed by atoms with E-state index in [4.69, 9.17) is 0 Å². The summed E-state index contributed by atoms with van der Waals surface area (Å²) in [6, 6.07) is 9.33. The molecule has 1 atom stereocenters. The minimum absolute atomic E-state index is 0.484. The van der Waals surface area contributed by atoms with Gasteiger partial charge in [-0.15, -0.1) is 0 Å². The summed E-state index contributed by atoms with van der Waals surface area (Å²) in [4.78, 5) is 0. The van der Waals surface area contributed by atoms with Crippen LogP contribution in [0.15, 0.2) is 24.3 Å². The van der Waals surface area contributed by atoms with Gasteiger partial charge in [0.2, 0.25) is 0 Å². The smallest absolute Gasteiger partial charge is 0.00202 e. The summed E-state index contributed by atoms with van der Waals surface area (Å²) >= 11 is 0. The van der Waals surface area contributed by atoms with Crippen LogP contribution in [0.5, 0.6) is 0 Å². The van der Waals surface area contributed by atoms with Gasteiger partial charge in [-0.25, -0.2) is 0 Å². The lowest BCUT2D eigenvalue weighted by Gasteiger charge is -2.38. The molecule has 0 radical (unpaired) electrons. The Balaban J connectivity index is 1.73. The van der Waals surface area contributed by atoms with Crippen molar-refractivity contribution in [1.29, 1.82) is 0 Å². The topological polar surface area (TPSA) is 12.0 Å². The van der Waals surface area contributed by atoms with Crippen LogP contribution in [-0.4, -0.2) is 13.1 Å². The van der Waals surface area contributed by atoms with Crippen molar-refractivity contribution in [1.82, 2.24) is 5.32 Å². The summed E-state index contributed by atoms with van der Waals surface area (Å²) in [7, 11) is 0. The average Bonchev–Trinajstić information content (AvgIpc) is 2.55. The van der Waals surface area contributed by atoms with Crippen LogP contribution in [-0.2, 0) is 0 Å². The van der Waals surface area contributed by atoms with E-state index in [2.05, 4.69) is 50.4 Å². The van der Waals surface area contributed by atoms with E-state index in [9.17, 15) is 0 Å². The van der Waals surface area contributed by atoms with Gasteiger partial charge in [0.15, 0.2) is 0 Å². The number of hydrogen-bond acceptors (Lipinski definition) is 1. The highest BCUT2D eigenvalue weighted by atomic mass is 14.9. The summed E-state index contributed by atoms with van der Waals surface area (Å²) in [5, 5.41) is 3.59. The fraction of sp³-hybridized carbons (Fsp3) is 0.714. The van der Waals surface area contributed by atoms with Crippen molar-refractivity contribution in [2.45, 2.75) is 71.1 Å². The van der Waals surface area contributed by atoms with Gasteiger partial charge in [0.25, 0.3) is 0 Å². The number of piperidine rings is 1. The highest BCUT2D eigenvalue weighted by Gasteiger charge is 2.31. The third-order valence-corrected chi connectivity index (χ3v) is 6.12. The maximum absolute atomic E-state index is 3.59. The molecule has 1 aliphatic heterocycles. The number of nitrogens with one attached hydrogen (secondary N) is 1. The molecule has 1 heterocycles. The summed E-state index contributed by atoms with van der Waals surface area (Å²) < 4.78 is 0. The zero-order valence-corrected chi connectivity index (χ0v) is 14.7. The molecule has 1 unspecified atom stereocenters. The SMILES string of the molecule is CC(C)(C)C1CCC(c2ccccc2C2CCCNC2)CC1. The molecule has 1 N–H and O–H groups in total. The predicted molar refractivity (Wildman–Crippen MR) is 95.4 cm³/mol. The normalized spacial score (nSPS) is 30.2. The Morgan fingerprint density at radius 1 is 0.864 bits per heavy atom. The molecule has 1 aliphatic carbocycles. The van der Waals surface area contributed by atoms with Crippen LogP contribution in [0.2, 0.25) is 0 Å². The van der Waals surface area contributed by atoms with E-state index >= 15 is 0 Å². The van der Waals surface area contributed by atoms with Gasteiger partial charge < -0.3 is 5.32 Å². The van der Waals surface area contributed by atoms with Crippen molar-refractivity contribution >= 4 is 0 Å². The maximum Gasteiger partial charge on any atom is 0.00202 e. The largest absolute Gasteiger partial charge is 0.316 e. The summed E-state index contributed by atoms with van der Waals surface area (Å²) in [5.41, 5.74) is 3.80. The zero-order valence-electron chi connectivity index (χ0n) is 14.7. The van der Waals surface area contributed by atoms with Gasteiger partial charge >= 0.3 is 0 Å². The first kappa shape index (κ1) is 16.1. The Labute approximate surface area is 136 Å². The highest BCUT2D eigenvalue weighted by molar-refractivity contribution is 5.34. The second-order valence-corrected chi connectivity index (χ2v) is 8.59. The number of hydrogen-bond donors (Lipinski definition) is 1. The van der Waals surface area contributed by atoms with Crippen molar-refractivity contribution < 1.29 is 0 Å². The third kappa shape index (κ3) is 3.56. The van der Waals surface area contributed by atoms with Gasteiger partial charge in [-0.2, -0.15) is 0 Å². The average molecular weight is 300 g/mol. The number of benzene rings is 1. The Bertz CT molecular complexity index is 471. The van der Waals surface area contributed by atoms with Crippen LogP contribution in [0, 0.1) is 11.3 Å². The van der Waals surface area contributed by atoms with Crippen molar-refractivity contribution in [3.05, 3.63) is 35.4 Å². The molecule has 1 saturated carbocycles. The Kier molecular flexibility index (Phi) is 4.92. The molecule has 1 aromatic carbocycles. The molecule has 22 heavy (non-hydrogen) atoms. The molecule has 1 heteroatoms. The first-order valence-electron chi connectivity index (χ1n) is 9.35. The van der Waals surface area contributed by atoms with E-state index in [-0.39, 0.29) is 0 Å². The maximum atomic E-state index is 3.59. The quantitative estimate of drug-likeness (QED) is 0.763. The van der Waals surface area contributed by atoms with E-state index < -0.39 is 0 Å². The Hall–Kier alpha value is -0.820. The molecular weight excluding hydrogens is 266 g/mol. The molecule has 0 aromatic heterocycles. The van der Waals surface area contributed by atoms with Gasteiger partial charge in [0, 0.05) is 6.54 Å². The summed E-state index contributed by atoms with van der Waals surface area (Å²) in [5.74, 6) is 2.45. The summed E-state index contributed by atoms with van der Waals surface area (Å²) in [6.45, 7) is 9.63. The molecule has 2 fully saturated rings. The van der Waals surface area contributed by atoms with Crippen molar-refractivity contribution in [2.24, 2.45) is 11.3 Å². The molecule has 1 nitrogen and oxygen atoms in total. The van der Waals surface area contributed by atoms with Gasteiger partial charge in [-0.3, -0.25) is 0 Å². The van der Waals surface area contributed by atoms with E-state index in [0.717, 1.165) is 17.8 Å². The fourth-order valence-electron chi connectivity index (χ4n) is 4.64. The molecule has 1 saturated heterocycles. The van der Waals surface area contributed by atoms with Gasteiger partial charge in [0.1, 0.15) is 0 Å². The lowest BCUT2D eigenvalue weighted by molar-refractivity contribution is 0.168. The second kappa shape index (κ2) is 6.74. The third-order valence-electron chi connectivity index (χ3n) is 6.12. The van der Waals surface area contributed by atoms with E-state index in [1.54, 1.807) is 11.1 Å². The molecule has 0 bridgehead atoms. The number of rotatable bonds is 2. The van der Waals surface area contributed by atoms with Crippen LogP contribution in [0.3, 0.4) is 0 Å². The first-order valence-corrected chi connectivity index (χ1v) is 9.35. The van der Waals surface area contributed by atoms with Gasteiger partial charge in [0.05, 0.1) is 0 Å². The second-order valence-electron chi connectivity index (χ2n) is 8.59. The van der Waals surface area contributed by atoms with Gasteiger partial charge in [-0.05, 0) is 79.4 Å². The Morgan fingerprint density at radius 3 is 2.05 bits per heavy atom. The van der Waals surface area contributed by atoms with Crippen molar-refractivity contribution in [2.75, 3.05) is 13.1 Å². The van der Waals surface area contributed by atoms with Crippen LogP contribution in [0.1, 0.15) is 82.3 Å². The summed E-state index contributed by atoms with van der Waals surface area (Å²) in [6.07, 6.45) is 8.28. The zero-order chi connectivity index (χ0) is 15.6. The van der Waals surface area contributed by atoms with Crippen molar-refractivity contribution in [3.8, 4) is 0 Å². The molecule has 0 amide bonds. The van der Waals surface area contributed by atoms with Crippen LogP contribution in [0.25, 0.3) is 0 Å². The van der Waals surface area contributed by atoms with E-state index in [1.165, 1.54) is 51.6 Å². The minimum Gasteiger partial charge on any atom is -0.316 e. The molecule has 2 aliphatic rings.